The molecule has 7 rings (SSSR count). The van der Waals surface area contributed by atoms with E-state index in [0.29, 0.717) is 10.8 Å². The monoisotopic (exact) mass is 843 g/mol. The number of carbonyl (C=O) groups is 2. The maximum atomic E-state index is 13.7. The van der Waals surface area contributed by atoms with Crippen LogP contribution in [0.5, 0.6) is 0 Å². The smallest absolute Gasteiger partial charge is 0.338 e. The van der Waals surface area contributed by atoms with Crippen molar-refractivity contribution in [3.8, 4) is 0 Å². The number of ether oxygens (including phenoxy) is 2. The molecule has 5 aromatic carbocycles. The number of aryl methyl sites for hydroxylation is 1. The van der Waals surface area contributed by atoms with Gasteiger partial charge in [-0.05, 0) is 65.4 Å². The van der Waals surface area contributed by atoms with Gasteiger partial charge in [-0.1, -0.05) is 127 Å². The zero-order valence-corrected chi connectivity index (χ0v) is 34.4. The number of benzene rings is 5. The second-order valence-corrected chi connectivity index (χ2v) is 17.2. The lowest BCUT2D eigenvalue weighted by molar-refractivity contribution is -0.255. The molecule has 4 N–H and O–H groups in total. The molecule has 1 unspecified atom stereocenters. The van der Waals surface area contributed by atoms with Crippen LogP contribution in [0.25, 0.3) is 0 Å². The van der Waals surface area contributed by atoms with Crippen LogP contribution in [0.4, 0.5) is 0 Å². The number of pyridine rings is 1. The molecule has 1 aliphatic heterocycles. The van der Waals surface area contributed by atoms with Crippen LogP contribution in [0.2, 0.25) is 0 Å². The number of carboxylic acids is 1. The Morgan fingerprint density at radius 1 is 0.750 bits per heavy atom. The van der Waals surface area contributed by atoms with E-state index in [1.54, 1.807) is 24.4 Å². The quantitative estimate of drug-likeness (QED) is 0.0717. The van der Waals surface area contributed by atoms with E-state index in [1.807, 2.05) is 116 Å². The van der Waals surface area contributed by atoms with Gasteiger partial charge >= 0.3 is 5.97 Å². The standard InChI is InChI=1S/C47H45N3O8S2/c1-31-14-24-38(25-15-31)60(55,56)50-40(27-32-9-4-2-5-10-32)44(52)49-28-33-16-22-37(23-17-33)47-57-41(30-59-45-39(46(53)54)13-8-26-48-45)42(35-11-6-3-7-12-35)43(58-47)36-20-18-34(29-51)19-21-36/h2-26,40-43,47,50-51H,27-30H2,1H3,(H,49,52)(H,53,54)/t40-,41-,42-,43+,47?/m1/s1. The highest BCUT2D eigenvalue weighted by Gasteiger charge is 2.42. The Bertz CT molecular complexity index is 2470. The van der Waals surface area contributed by atoms with Gasteiger partial charge in [0.2, 0.25) is 15.9 Å². The fraction of sp³-hybridized carbons (Fsp3) is 0.213. The Labute approximate surface area is 353 Å². The number of aliphatic hydroxyl groups excluding tert-OH is 1. The lowest BCUT2D eigenvalue weighted by atomic mass is 9.84. The Hall–Kier alpha value is -5.67. The minimum Gasteiger partial charge on any atom is -0.478 e. The Balaban J connectivity index is 1.12. The molecule has 0 spiro atoms. The number of nitrogens with zero attached hydrogens (tertiary/aromatic N) is 1. The maximum Gasteiger partial charge on any atom is 0.338 e. The van der Waals surface area contributed by atoms with E-state index in [1.165, 1.54) is 30.0 Å². The fourth-order valence-electron chi connectivity index (χ4n) is 7.10. The van der Waals surface area contributed by atoms with Crippen LogP contribution in [-0.4, -0.2) is 53.4 Å². The molecule has 5 atom stereocenters. The lowest BCUT2D eigenvalue weighted by Gasteiger charge is -2.43. The first-order valence-corrected chi connectivity index (χ1v) is 21.9. The van der Waals surface area contributed by atoms with Crippen LogP contribution in [0.1, 0.15) is 67.6 Å². The summed E-state index contributed by atoms with van der Waals surface area (Å²) in [5.41, 5.74) is 5.95. The molecule has 6 aromatic rings. The second kappa shape index (κ2) is 19.6. The molecule has 0 saturated carbocycles. The maximum absolute atomic E-state index is 13.7. The molecule has 1 fully saturated rings. The Kier molecular flexibility index (Phi) is 13.9. The third-order valence-electron chi connectivity index (χ3n) is 10.3. The first kappa shape index (κ1) is 42.5. The number of hydrogen-bond donors (Lipinski definition) is 4. The van der Waals surface area contributed by atoms with E-state index in [4.69, 9.17) is 9.47 Å². The van der Waals surface area contributed by atoms with Gasteiger partial charge in [0.15, 0.2) is 6.29 Å². The SMILES string of the molecule is Cc1ccc(S(=O)(=O)N[C@H](Cc2ccccc2)C(=O)NCc2ccc(C3O[C@H](CSc4ncccc4C(=O)O)[C@@H](c4ccccc4)[C@H](c4ccc(CO)cc4)O3)cc2)cc1. The molecule has 1 saturated heterocycles. The van der Waals surface area contributed by atoms with Gasteiger partial charge in [-0.2, -0.15) is 4.72 Å². The highest BCUT2D eigenvalue weighted by atomic mass is 32.2. The predicted molar refractivity (Wildman–Crippen MR) is 229 cm³/mol. The average Bonchev–Trinajstić information content (AvgIpc) is 3.28. The van der Waals surface area contributed by atoms with Gasteiger partial charge in [0, 0.05) is 30.0 Å². The van der Waals surface area contributed by atoms with Crippen molar-refractivity contribution in [2.75, 3.05) is 5.75 Å². The van der Waals surface area contributed by atoms with Crippen molar-refractivity contribution in [2.24, 2.45) is 0 Å². The third kappa shape index (κ3) is 10.5. The van der Waals surface area contributed by atoms with Gasteiger partial charge in [0.1, 0.15) is 11.1 Å². The number of amides is 1. The molecule has 0 bridgehead atoms. The molecular formula is C47H45N3O8S2. The first-order chi connectivity index (χ1) is 29.1. The molecule has 0 aliphatic carbocycles. The van der Waals surface area contributed by atoms with Crippen molar-refractivity contribution in [3.63, 3.8) is 0 Å². The summed E-state index contributed by atoms with van der Waals surface area (Å²) in [5.74, 6) is -1.47. The summed E-state index contributed by atoms with van der Waals surface area (Å²) < 4.78 is 43.0. The molecule has 308 valence electrons. The summed E-state index contributed by atoms with van der Waals surface area (Å²) in [6, 6.07) is 42.7. The van der Waals surface area contributed by atoms with Crippen molar-refractivity contribution in [3.05, 3.63) is 196 Å². The summed E-state index contributed by atoms with van der Waals surface area (Å²) in [6.07, 6.45) is -0.0585. The minimum absolute atomic E-state index is 0.0729. The van der Waals surface area contributed by atoms with E-state index in [0.717, 1.165) is 38.9 Å². The largest absolute Gasteiger partial charge is 0.478 e. The number of aromatic nitrogens is 1. The van der Waals surface area contributed by atoms with Crippen LogP contribution in [0, 0.1) is 6.92 Å². The number of carboxylic acid groups (broad SMARTS) is 1. The number of aliphatic hydroxyl groups is 1. The summed E-state index contributed by atoms with van der Waals surface area (Å²) in [4.78, 5) is 30.2. The number of carbonyl (C=O) groups excluding carboxylic acids is 1. The van der Waals surface area contributed by atoms with E-state index in [9.17, 15) is 28.2 Å². The van der Waals surface area contributed by atoms with Crippen molar-refractivity contribution < 1.29 is 37.7 Å². The minimum atomic E-state index is -4.00. The van der Waals surface area contributed by atoms with Crippen LogP contribution in [0.3, 0.4) is 0 Å². The Morgan fingerprint density at radius 2 is 1.40 bits per heavy atom. The Morgan fingerprint density at radius 3 is 2.07 bits per heavy atom. The predicted octanol–water partition coefficient (Wildman–Crippen LogP) is 7.52. The van der Waals surface area contributed by atoms with E-state index >= 15 is 0 Å². The normalized spacial score (nSPS) is 18.4. The topological polar surface area (TPSA) is 164 Å². The zero-order chi connectivity index (χ0) is 42.1. The van der Waals surface area contributed by atoms with Gasteiger partial charge < -0.3 is 25.0 Å². The summed E-state index contributed by atoms with van der Waals surface area (Å²) in [6.45, 7) is 1.90. The van der Waals surface area contributed by atoms with Crippen molar-refractivity contribution in [1.29, 1.82) is 0 Å². The number of hydrogen-bond acceptors (Lipinski definition) is 9. The summed E-state index contributed by atoms with van der Waals surface area (Å²) >= 11 is 1.31. The molecule has 1 aromatic heterocycles. The van der Waals surface area contributed by atoms with Crippen LogP contribution < -0.4 is 10.0 Å². The zero-order valence-electron chi connectivity index (χ0n) is 32.8. The van der Waals surface area contributed by atoms with Gasteiger partial charge in [-0.15, -0.1) is 11.8 Å². The highest BCUT2D eigenvalue weighted by Crippen LogP contribution is 2.48. The van der Waals surface area contributed by atoms with Crippen molar-refractivity contribution in [2.45, 2.75) is 66.9 Å². The van der Waals surface area contributed by atoms with E-state index in [2.05, 4.69) is 15.0 Å². The molecule has 11 nitrogen and oxygen atoms in total. The van der Waals surface area contributed by atoms with E-state index in [-0.39, 0.29) is 35.9 Å². The van der Waals surface area contributed by atoms with Gasteiger partial charge in [0.05, 0.1) is 29.3 Å². The number of nitrogens with one attached hydrogen (secondary N) is 2. The lowest BCUT2D eigenvalue weighted by Crippen LogP contribution is -2.47. The number of aromatic carboxylic acids is 1. The molecule has 2 heterocycles. The van der Waals surface area contributed by atoms with Crippen LogP contribution in [-0.2, 0) is 43.9 Å². The van der Waals surface area contributed by atoms with Crippen molar-refractivity contribution in [1.82, 2.24) is 15.0 Å². The molecule has 0 radical (unpaired) electrons. The number of rotatable bonds is 16. The molecule has 60 heavy (non-hydrogen) atoms. The second-order valence-electron chi connectivity index (χ2n) is 14.5. The molecule has 13 heteroatoms. The third-order valence-corrected chi connectivity index (χ3v) is 12.9. The highest BCUT2D eigenvalue weighted by molar-refractivity contribution is 7.99. The van der Waals surface area contributed by atoms with Gasteiger partial charge in [-0.3, -0.25) is 4.79 Å². The van der Waals surface area contributed by atoms with Crippen LogP contribution in [0.15, 0.2) is 162 Å². The molecule has 1 aliphatic rings. The number of thioether (sulfide) groups is 1. The first-order valence-electron chi connectivity index (χ1n) is 19.4. The molecular weight excluding hydrogens is 799 g/mol. The average molecular weight is 844 g/mol. The molecule has 1 amide bonds. The van der Waals surface area contributed by atoms with Gasteiger partial charge in [-0.25, -0.2) is 18.2 Å². The van der Waals surface area contributed by atoms with E-state index < -0.39 is 46.4 Å². The summed E-state index contributed by atoms with van der Waals surface area (Å²) in [5, 5.41) is 22.9. The van der Waals surface area contributed by atoms with Crippen LogP contribution >= 0.6 is 11.8 Å². The summed E-state index contributed by atoms with van der Waals surface area (Å²) in [7, 11) is -4.00. The van der Waals surface area contributed by atoms with Gasteiger partial charge in [0.25, 0.3) is 0 Å². The van der Waals surface area contributed by atoms with Crippen molar-refractivity contribution >= 4 is 33.7 Å². The number of sulfonamides is 1. The fourth-order valence-corrected chi connectivity index (χ4v) is 9.35.